The number of rotatable bonds is 4. The number of imidazole rings is 1. The van der Waals surface area contributed by atoms with Gasteiger partial charge in [-0.3, -0.25) is 9.97 Å². The summed E-state index contributed by atoms with van der Waals surface area (Å²) in [4.78, 5) is 17.6. The van der Waals surface area contributed by atoms with Gasteiger partial charge in [-0.1, -0.05) is 49.6 Å². The number of fused-ring (bicyclic) bond motifs is 6. The fraction of sp³-hybridized carbons (Fsp3) is 0.207. The van der Waals surface area contributed by atoms with Crippen molar-refractivity contribution in [3.05, 3.63) is 75.8 Å². The zero-order valence-corrected chi connectivity index (χ0v) is 22.6. The number of allylic oxidation sites excluding steroid dienone is 1. The van der Waals surface area contributed by atoms with Crippen LogP contribution in [0.3, 0.4) is 0 Å². The first-order valence-corrected chi connectivity index (χ1v) is 14.3. The van der Waals surface area contributed by atoms with E-state index in [0.717, 1.165) is 61.2 Å². The van der Waals surface area contributed by atoms with Crippen LogP contribution in [-0.2, 0) is 0 Å². The van der Waals surface area contributed by atoms with Gasteiger partial charge in [-0.25, -0.2) is 9.37 Å². The molecule has 1 aliphatic rings. The molecule has 6 rings (SSSR count). The standard InChI is InChI=1S/C29H25FIN5/c1-15(2)23-13-31-14-24(34-23)20-8-6-18(12-22(20)30)17-5-7-19-21(11-17)25-27(33-10-9-32-25)28-26(19)35-29(36-28)16(3)4/h5-12,14-16,34H,1-4H3,(H,35,36). The Labute approximate surface area is 218 Å². The lowest BCUT2D eigenvalue weighted by molar-refractivity contribution is 0.622. The summed E-state index contributed by atoms with van der Waals surface area (Å²) in [6.45, 7) is 8.47. The predicted molar refractivity (Wildman–Crippen MR) is 155 cm³/mol. The summed E-state index contributed by atoms with van der Waals surface area (Å²) in [5, 5.41) is 5.33. The van der Waals surface area contributed by atoms with Crippen molar-refractivity contribution in [3.8, 4) is 11.1 Å². The maximum absolute atomic E-state index is 15.4. The monoisotopic (exact) mass is 589 g/mol. The van der Waals surface area contributed by atoms with Gasteiger partial charge in [0.15, 0.2) is 0 Å². The van der Waals surface area contributed by atoms with Crippen LogP contribution in [0.4, 0.5) is 4.39 Å². The summed E-state index contributed by atoms with van der Waals surface area (Å²) in [5.41, 5.74) is 7.62. The van der Waals surface area contributed by atoms with E-state index in [4.69, 9.17) is 4.98 Å². The van der Waals surface area contributed by atoms with E-state index in [1.54, 1.807) is 18.5 Å². The minimum absolute atomic E-state index is 0.241. The van der Waals surface area contributed by atoms with E-state index in [1.807, 2.05) is 18.2 Å². The van der Waals surface area contributed by atoms with Gasteiger partial charge in [-0.2, -0.15) is 0 Å². The Morgan fingerprint density at radius 3 is 2.36 bits per heavy atom. The summed E-state index contributed by atoms with van der Waals surface area (Å²) in [6, 6.07) is 11.6. The fourth-order valence-electron chi connectivity index (χ4n) is 4.50. The lowest BCUT2D eigenvalue weighted by Crippen LogP contribution is -2.18. The van der Waals surface area contributed by atoms with Crippen LogP contribution < -0.4 is 5.32 Å². The fourth-order valence-corrected chi connectivity index (χ4v) is 6.56. The second-order valence-electron chi connectivity index (χ2n) is 9.63. The maximum Gasteiger partial charge on any atom is 0.133 e. The highest BCUT2D eigenvalue weighted by molar-refractivity contribution is 14.2. The normalized spacial score (nSPS) is 13.9. The Morgan fingerprint density at radius 1 is 0.861 bits per heavy atom. The summed E-state index contributed by atoms with van der Waals surface area (Å²) in [7, 11) is 0. The van der Waals surface area contributed by atoms with Gasteiger partial charge in [0.05, 0.1) is 27.9 Å². The molecular formula is C29H25FIN5. The molecule has 3 heterocycles. The molecule has 0 amide bonds. The molecule has 0 bridgehead atoms. The van der Waals surface area contributed by atoms with Gasteiger partial charge in [0.1, 0.15) is 17.2 Å². The molecule has 0 radical (unpaired) electrons. The highest BCUT2D eigenvalue weighted by atomic mass is 127. The minimum atomic E-state index is -0.345. The van der Waals surface area contributed by atoms with Gasteiger partial charge < -0.3 is 10.3 Å². The first-order valence-electron chi connectivity index (χ1n) is 12.0. The average molecular weight is 589 g/mol. The summed E-state index contributed by atoms with van der Waals surface area (Å²) < 4.78 is 20.9. The summed E-state index contributed by atoms with van der Waals surface area (Å²) >= 11 is -0.345. The molecule has 36 heavy (non-hydrogen) atoms. The topological polar surface area (TPSA) is 66.5 Å². The maximum atomic E-state index is 15.4. The Balaban J connectivity index is 1.47. The van der Waals surface area contributed by atoms with Crippen LogP contribution in [0.15, 0.2) is 58.6 Å². The van der Waals surface area contributed by atoms with Crippen LogP contribution in [0.2, 0.25) is 0 Å². The molecule has 3 aromatic carbocycles. The van der Waals surface area contributed by atoms with Crippen molar-refractivity contribution in [1.29, 1.82) is 0 Å². The molecule has 1 aliphatic heterocycles. The number of H-pyrrole nitrogens is 1. The van der Waals surface area contributed by atoms with Crippen molar-refractivity contribution in [3.63, 3.8) is 0 Å². The van der Waals surface area contributed by atoms with Crippen LogP contribution in [0.25, 0.3) is 49.7 Å². The van der Waals surface area contributed by atoms with E-state index in [-0.39, 0.29) is 32.5 Å². The van der Waals surface area contributed by atoms with Gasteiger partial charge in [0, 0.05) is 44.6 Å². The zero-order chi connectivity index (χ0) is 25.0. The number of aromatic nitrogens is 4. The van der Waals surface area contributed by atoms with E-state index >= 15 is 4.39 Å². The molecule has 5 nitrogen and oxygen atoms in total. The lowest BCUT2D eigenvalue weighted by atomic mass is 9.98. The van der Waals surface area contributed by atoms with Crippen LogP contribution in [0.5, 0.6) is 0 Å². The highest BCUT2D eigenvalue weighted by Gasteiger charge is 2.18. The molecule has 2 aromatic heterocycles. The number of halogens is 2. The van der Waals surface area contributed by atoms with Crippen molar-refractivity contribution in [2.24, 2.45) is 5.92 Å². The number of benzene rings is 3. The van der Waals surface area contributed by atoms with Crippen molar-refractivity contribution in [1.82, 2.24) is 25.3 Å². The van der Waals surface area contributed by atoms with Crippen LogP contribution in [0, 0.1) is 11.7 Å². The van der Waals surface area contributed by atoms with Crippen LogP contribution in [0.1, 0.15) is 45.0 Å². The molecule has 0 aliphatic carbocycles. The third-order valence-electron chi connectivity index (χ3n) is 6.49. The van der Waals surface area contributed by atoms with Gasteiger partial charge in [-0.15, -0.1) is 0 Å². The van der Waals surface area contributed by atoms with Crippen molar-refractivity contribution >= 4 is 62.9 Å². The molecular weight excluding hydrogens is 564 g/mol. The molecule has 0 spiro atoms. The van der Waals surface area contributed by atoms with E-state index in [2.05, 4.69) is 67.8 Å². The van der Waals surface area contributed by atoms with E-state index in [1.165, 1.54) is 0 Å². The number of nitrogens with zero attached hydrogens (tertiary/aromatic N) is 3. The largest absolute Gasteiger partial charge is 0.351 e. The van der Waals surface area contributed by atoms with E-state index < -0.39 is 0 Å². The molecule has 2 N–H and O–H groups in total. The Hall–Kier alpha value is -3.42. The van der Waals surface area contributed by atoms with Crippen LogP contribution >= 0.6 is 20.7 Å². The molecule has 0 saturated carbocycles. The summed E-state index contributed by atoms with van der Waals surface area (Å²) in [5.74, 6) is 1.28. The predicted octanol–water partition coefficient (Wildman–Crippen LogP) is 7.40. The quantitative estimate of drug-likeness (QED) is 0.169. The Bertz CT molecular complexity index is 1770. The number of nitrogens with one attached hydrogen (secondary N) is 2. The van der Waals surface area contributed by atoms with Crippen molar-refractivity contribution in [2.75, 3.05) is 0 Å². The third kappa shape index (κ3) is 3.83. The molecule has 0 saturated heterocycles. The number of aromatic amines is 1. The molecule has 5 aromatic rings. The lowest BCUT2D eigenvalue weighted by Gasteiger charge is -2.18. The first-order chi connectivity index (χ1) is 17.4. The van der Waals surface area contributed by atoms with Crippen LogP contribution in [-0.4, -0.2) is 23.6 Å². The SMILES string of the molecule is CC(C)C1=C=IC=C(c2ccc(-c3ccc4c(c3)c3nccnc3c3[nH]c(C(C)C)nc43)cc2F)N1. The smallest absolute Gasteiger partial charge is 0.133 e. The van der Waals surface area contributed by atoms with Crippen molar-refractivity contribution < 1.29 is 4.39 Å². The molecule has 180 valence electrons. The van der Waals surface area contributed by atoms with E-state index in [9.17, 15) is 0 Å². The average Bonchev–Trinajstić information content (AvgIpc) is 3.35. The molecule has 0 unspecified atom stereocenters. The minimum Gasteiger partial charge on any atom is -0.351 e. The van der Waals surface area contributed by atoms with E-state index in [0.29, 0.717) is 11.5 Å². The van der Waals surface area contributed by atoms with Gasteiger partial charge in [-0.05, 0) is 50.1 Å². The second kappa shape index (κ2) is 8.91. The molecule has 0 fully saturated rings. The zero-order valence-electron chi connectivity index (χ0n) is 20.4. The Kier molecular flexibility index (Phi) is 5.69. The highest BCUT2D eigenvalue weighted by Crippen LogP contribution is 2.36. The van der Waals surface area contributed by atoms with Crippen molar-refractivity contribution in [2.45, 2.75) is 33.6 Å². The van der Waals surface area contributed by atoms with Gasteiger partial charge >= 0.3 is 0 Å². The third-order valence-corrected chi connectivity index (χ3v) is 8.32. The first kappa shape index (κ1) is 23.0. The molecule has 0 atom stereocenters. The van der Waals surface area contributed by atoms with Gasteiger partial charge in [0.2, 0.25) is 0 Å². The number of hydrogen-bond acceptors (Lipinski definition) is 4. The Morgan fingerprint density at radius 2 is 1.61 bits per heavy atom. The van der Waals surface area contributed by atoms with Gasteiger partial charge in [0.25, 0.3) is 0 Å². The molecule has 7 heteroatoms. The summed E-state index contributed by atoms with van der Waals surface area (Å²) in [6.07, 6.45) is 3.41. The number of hydrogen-bond donors (Lipinski definition) is 2. The second-order valence-corrected chi connectivity index (χ2v) is 11.4.